The highest BCUT2D eigenvalue weighted by molar-refractivity contribution is 7.92. The van der Waals surface area contributed by atoms with Gasteiger partial charge in [-0.3, -0.25) is 9.71 Å². The van der Waals surface area contributed by atoms with Gasteiger partial charge in [0.05, 0.1) is 35.7 Å². The molecule has 4 aromatic carbocycles. The number of hydrogen-bond donors (Lipinski definition) is 2. The average molecular weight is 663 g/mol. The summed E-state index contributed by atoms with van der Waals surface area (Å²) in [6, 6.07) is 30.8. The first kappa shape index (κ1) is 33.5. The lowest BCUT2D eigenvalue weighted by Gasteiger charge is -2.28. The van der Waals surface area contributed by atoms with Crippen molar-refractivity contribution >= 4 is 27.4 Å². The summed E-state index contributed by atoms with van der Waals surface area (Å²) in [5.74, 6) is 0.122. The normalized spacial score (nSPS) is 10.9. The number of carbonyl (C=O) groups is 1. The summed E-state index contributed by atoms with van der Waals surface area (Å²) in [5, 5.41) is 18.9. The van der Waals surface area contributed by atoms with E-state index in [1.165, 1.54) is 12.1 Å². The Hall–Kier alpha value is -5.86. The molecule has 5 aromatic rings. The molecule has 0 unspecified atom stereocenters. The number of hydrogen-bond acceptors (Lipinski definition) is 8. The van der Waals surface area contributed by atoms with Crippen molar-refractivity contribution in [2.24, 2.45) is 0 Å². The zero-order valence-corrected chi connectivity index (χ0v) is 27.3. The van der Waals surface area contributed by atoms with Crippen LogP contribution in [0.4, 0.5) is 11.4 Å². The number of ether oxygens (including phenoxy) is 2. The number of anilines is 2. The molecule has 11 heteroatoms. The Morgan fingerprint density at radius 1 is 0.896 bits per heavy atom. The molecular formula is C37H34N4O6S. The van der Waals surface area contributed by atoms with Gasteiger partial charge in [0.15, 0.2) is 0 Å². The number of carboxylic acid groups (broad SMARTS) is 1. The van der Waals surface area contributed by atoms with E-state index in [1.807, 2.05) is 49.4 Å². The maximum absolute atomic E-state index is 12.0. The molecule has 0 fully saturated rings. The molecule has 0 aliphatic rings. The minimum Gasteiger partial charge on any atom is -0.493 e. The summed E-state index contributed by atoms with van der Waals surface area (Å²) in [7, 11) is -3.48. The fraction of sp³-hybridized carbons (Fsp3) is 0.162. The fourth-order valence-electron chi connectivity index (χ4n) is 5.10. The zero-order valence-electron chi connectivity index (χ0n) is 26.5. The SMILES string of the molecule is Cc1c(NS(C)(=O)=O)cccc1N(Cc1ccc(C#N)cc1)Cc1ccc(Oc2cc(OCCc3cccnc3)cc(C(=O)O)c2)cc1. The van der Waals surface area contributed by atoms with Crippen LogP contribution in [0.2, 0.25) is 0 Å². The van der Waals surface area contributed by atoms with Gasteiger partial charge < -0.3 is 19.5 Å². The van der Waals surface area contributed by atoms with E-state index in [9.17, 15) is 23.6 Å². The number of nitrogens with one attached hydrogen (secondary N) is 1. The quantitative estimate of drug-likeness (QED) is 0.129. The molecule has 0 bridgehead atoms. The maximum atomic E-state index is 12.0. The van der Waals surface area contributed by atoms with Crippen LogP contribution >= 0.6 is 0 Å². The van der Waals surface area contributed by atoms with E-state index in [2.05, 4.69) is 20.7 Å². The number of nitriles is 1. The molecule has 2 N–H and O–H groups in total. The van der Waals surface area contributed by atoms with Crippen molar-refractivity contribution in [1.82, 2.24) is 4.98 Å². The van der Waals surface area contributed by atoms with Gasteiger partial charge in [-0.2, -0.15) is 5.26 Å². The molecule has 10 nitrogen and oxygen atoms in total. The molecule has 1 aromatic heterocycles. The Morgan fingerprint density at radius 2 is 1.58 bits per heavy atom. The third-order valence-corrected chi connectivity index (χ3v) is 8.03. The number of aromatic nitrogens is 1. The van der Waals surface area contributed by atoms with E-state index >= 15 is 0 Å². The van der Waals surface area contributed by atoms with Crippen LogP contribution in [-0.4, -0.2) is 37.3 Å². The summed E-state index contributed by atoms with van der Waals surface area (Å²) in [4.78, 5) is 18.1. The van der Waals surface area contributed by atoms with Crippen molar-refractivity contribution in [3.8, 4) is 23.3 Å². The Labute approximate surface area is 279 Å². The fourth-order valence-corrected chi connectivity index (χ4v) is 5.72. The minimum atomic E-state index is -3.48. The number of pyridine rings is 1. The lowest BCUT2D eigenvalue weighted by Crippen LogP contribution is -2.23. The first-order valence-corrected chi connectivity index (χ1v) is 16.9. The van der Waals surface area contributed by atoms with Crippen molar-refractivity contribution in [3.63, 3.8) is 0 Å². The van der Waals surface area contributed by atoms with Crippen molar-refractivity contribution in [3.05, 3.63) is 143 Å². The van der Waals surface area contributed by atoms with E-state index in [-0.39, 0.29) is 5.56 Å². The van der Waals surface area contributed by atoms with E-state index in [0.29, 0.717) is 54.6 Å². The Bertz CT molecular complexity index is 2030. The maximum Gasteiger partial charge on any atom is 0.335 e. The summed E-state index contributed by atoms with van der Waals surface area (Å²) in [5.41, 5.74) is 5.65. The zero-order chi connectivity index (χ0) is 34.1. The highest BCUT2D eigenvalue weighted by Gasteiger charge is 2.16. The van der Waals surface area contributed by atoms with E-state index in [4.69, 9.17) is 9.47 Å². The minimum absolute atomic E-state index is 0.0434. The van der Waals surface area contributed by atoms with Crippen LogP contribution in [0.15, 0.2) is 109 Å². The number of benzene rings is 4. The third kappa shape index (κ3) is 9.34. The number of sulfonamides is 1. The summed E-state index contributed by atoms with van der Waals surface area (Å²) < 4.78 is 38.5. The Balaban J connectivity index is 1.35. The first-order valence-electron chi connectivity index (χ1n) is 15.0. The molecule has 0 spiro atoms. The van der Waals surface area contributed by atoms with Gasteiger partial charge in [0.1, 0.15) is 17.2 Å². The van der Waals surface area contributed by atoms with Crippen molar-refractivity contribution in [1.29, 1.82) is 5.26 Å². The highest BCUT2D eigenvalue weighted by Crippen LogP contribution is 2.32. The second kappa shape index (κ2) is 15.2. The predicted molar refractivity (Wildman–Crippen MR) is 184 cm³/mol. The van der Waals surface area contributed by atoms with Crippen LogP contribution in [0, 0.1) is 18.3 Å². The van der Waals surface area contributed by atoms with Gasteiger partial charge >= 0.3 is 5.97 Å². The van der Waals surface area contributed by atoms with Crippen LogP contribution in [0.1, 0.15) is 38.2 Å². The van der Waals surface area contributed by atoms with Gasteiger partial charge in [0, 0.05) is 43.7 Å². The number of aromatic carboxylic acids is 1. The summed E-state index contributed by atoms with van der Waals surface area (Å²) in [6.07, 6.45) is 5.19. The molecule has 0 amide bonds. The smallest absolute Gasteiger partial charge is 0.335 e. The van der Waals surface area contributed by atoms with Crippen LogP contribution in [0.25, 0.3) is 0 Å². The highest BCUT2D eigenvalue weighted by atomic mass is 32.2. The van der Waals surface area contributed by atoms with Crippen LogP contribution in [0.3, 0.4) is 0 Å². The number of rotatable bonds is 14. The predicted octanol–water partition coefficient (Wildman–Crippen LogP) is 6.95. The Kier molecular flexibility index (Phi) is 10.6. The molecule has 0 saturated carbocycles. The molecular weight excluding hydrogens is 628 g/mol. The molecule has 0 aliphatic carbocycles. The number of nitrogens with zero attached hydrogens (tertiary/aromatic N) is 3. The molecule has 0 atom stereocenters. The van der Waals surface area contributed by atoms with Crippen molar-refractivity contribution in [2.75, 3.05) is 22.5 Å². The van der Waals surface area contributed by atoms with Crippen molar-refractivity contribution in [2.45, 2.75) is 26.4 Å². The van der Waals surface area contributed by atoms with Crippen molar-refractivity contribution < 1.29 is 27.8 Å². The lowest BCUT2D eigenvalue weighted by atomic mass is 10.1. The summed E-state index contributed by atoms with van der Waals surface area (Å²) >= 11 is 0. The molecule has 244 valence electrons. The molecule has 5 rings (SSSR count). The third-order valence-electron chi connectivity index (χ3n) is 7.44. The largest absolute Gasteiger partial charge is 0.493 e. The molecule has 0 aliphatic heterocycles. The topological polar surface area (TPSA) is 142 Å². The van der Waals surface area contributed by atoms with Gasteiger partial charge in [-0.25, -0.2) is 13.2 Å². The molecule has 1 heterocycles. The monoisotopic (exact) mass is 662 g/mol. The molecule has 0 radical (unpaired) electrons. The second-order valence-corrected chi connectivity index (χ2v) is 12.9. The van der Waals surface area contributed by atoms with Gasteiger partial charge in [-0.15, -0.1) is 0 Å². The second-order valence-electron chi connectivity index (χ2n) is 11.2. The van der Waals surface area contributed by atoms with Gasteiger partial charge in [-0.1, -0.05) is 36.4 Å². The van der Waals surface area contributed by atoms with Crippen LogP contribution in [0.5, 0.6) is 17.2 Å². The van der Waals surface area contributed by atoms with Gasteiger partial charge in [0.25, 0.3) is 0 Å². The van der Waals surface area contributed by atoms with E-state index in [0.717, 1.165) is 34.2 Å². The van der Waals surface area contributed by atoms with Crippen LogP contribution in [-0.2, 0) is 29.5 Å². The summed E-state index contributed by atoms with van der Waals surface area (Å²) in [6.45, 7) is 3.19. The lowest BCUT2D eigenvalue weighted by molar-refractivity contribution is 0.0696. The number of carboxylic acids is 1. The van der Waals surface area contributed by atoms with E-state index in [1.54, 1.807) is 54.9 Å². The van der Waals surface area contributed by atoms with Gasteiger partial charge in [-0.05, 0) is 83.8 Å². The average Bonchev–Trinajstić information content (AvgIpc) is 3.06. The molecule has 0 saturated heterocycles. The van der Waals surface area contributed by atoms with Crippen LogP contribution < -0.4 is 19.1 Å². The van der Waals surface area contributed by atoms with E-state index < -0.39 is 16.0 Å². The van der Waals surface area contributed by atoms with Gasteiger partial charge in [0.2, 0.25) is 10.0 Å². The molecule has 48 heavy (non-hydrogen) atoms. The standard InChI is InChI=1S/C37H34N4O6S/c1-26-35(40-48(2,44)45)6-3-7-36(26)41(24-29-10-8-27(22-38)9-11-29)25-30-12-14-32(15-13-30)47-34-20-31(37(42)43)19-33(21-34)46-18-16-28-5-4-17-39-23-28/h3-15,17,19-21,23,40H,16,18,24-25H2,1-2H3,(H,42,43). The Morgan fingerprint density at radius 3 is 2.21 bits per heavy atom. The first-order chi connectivity index (χ1) is 23.1.